The van der Waals surface area contributed by atoms with Crippen molar-refractivity contribution in [1.29, 1.82) is 5.26 Å². The van der Waals surface area contributed by atoms with Crippen LogP contribution in [0.1, 0.15) is 26.7 Å². The third-order valence-electron chi connectivity index (χ3n) is 2.92. The molecule has 1 N–H and O–H groups in total. The van der Waals surface area contributed by atoms with Gasteiger partial charge < -0.3 is 5.11 Å². The first-order valence-electron chi connectivity index (χ1n) is 4.36. The van der Waals surface area contributed by atoms with Crippen molar-refractivity contribution in [3.63, 3.8) is 0 Å². The first-order chi connectivity index (χ1) is 5.53. The highest BCUT2D eigenvalue weighted by Crippen LogP contribution is 2.41. The molecule has 1 rings (SSSR count). The van der Waals surface area contributed by atoms with Crippen molar-refractivity contribution in [2.75, 3.05) is 7.05 Å². The van der Waals surface area contributed by atoms with Crippen LogP contribution in [0.5, 0.6) is 0 Å². The second-order valence-corrected chi connectivity index (χ2v) is 3.74. The largest absolute Gasteiger partial charge is 0.392 e. The molecule has 12 heavy (non-hydrogen) atoms. The standard InChI is InChI=1S/C9H16N2O/c1-7(8(2)12)11(3)9(6-10)4-5-9/h7-8,12H,4-5H2,1-3H3. The molecular weight excluding hydrogens is 152 g/mol. The van der Waals surface area contributed by atoms with Gasteiger partial charge in [0.05, 0.1) is 12.2 Å². The summed E-state index contributed by atoms with van der Waals surface area (Å²) in [5.41, 5.74) is -0.267. The topological polar surface area (TPSA) is 47.3 Å². The Hall–Kier alpha value is -0.590. The summed E-state index contributed by atoms with van der Waals surface area (Å²) in [7, 11) is 1.91. The summed E-state index contributed by atoms with van der Waals surface area (Å²) < 4.78 is 0. The SMILES string of the molecule is CC(O)C(C)N(C)C1(C#N)CC1. The lowest BCUT2D eigenvalue weighted by molar-refractivity contribution is 0.0678. The van der Waals surface area contributed by atoms with Crippen LogP contribution in [0, 0.1) is 11.3 Å². The minimum Gasteiger partial charge on any atom is -0.392 e. The number of aliphatic hydroxyl groups is 1. The van der Waals surface area contributed by atoms with Gasteiger partial charge in [0.15, 0.2) is 0 Å². The summed E-state index contributed by atoms with van der Waals surface area (Å²) in [6, 6.07) is 2.36. The normalized spacial score (nSPS) is 24.7. The number of nitriles is 1. The molecular formula is C9H16N2O. The lowest BCUT2D eigenvalue weighted by Crippen LogP contribution is -2.44. The molecule has 2 atom stereocenters. The van der Waals surface area contributed by atoms with Gasteiger partial charge >= 0.3 is 0 Å². The first kappa shape index (κ1) is 9.50. The summed E-state index contributed by atoms with van der Waals surface area (Å²) in [5.74, 6) is 0. The summed E-state index contributed by atoms with van der Waals surface area (Å²) in [4.78, 5) is 1.98. The minimum atomic E-state index is -0.374. The molecule has 0 heterocycles. The first-order valence-corrected chi connectivity index (χ1v) is 4.36. The molecule has 1 aliphatic rings. The average molecular weight is 168 g/mol. The Morgan fingerprint density at radius 2 is 2.00 bits per heavy atom. The van der Waals surface area contributed by atoms with E-state index in [1.54, 1.807) is 6.92 Å². The second kappa shape index (κ2) is 3.04. The molecule has 0 aliphatic heterocycles. The molecule has 0 aromatic rings. The molecule has 1 fully saturated rings. The van der Waals surface area contributed by atoms with E-state index in [0.29, 0.717) is 0 Å². The molecule has 0 saturated heterocycles. The van der Waals surface area contributed by atoms with Crippen molar-refractivity contribution in [1.82, 2.24) is 4.90 Å². The Labute approximate surface area is 73.6 Å². The maximum Gasteiger partial charge on any atom is 0.109 e. The molecule has 0 aromatic heterocycles. The summed E-state index contributed by atoms with van der Waals surface area (Å²) >= 11 is 0. The zero-order valence-electron chi connectivity index (χ0n) is 7.91. The summed E-state index contributed by atoms with van der Waals surface area (Å²) in [6.07, 6.45) is 1.51. The molecule has 1 aliphatic carbocycles. The van der Waals surface area contributed by atoms with Gasteiger partial charge in [-0.1, -0.05) is 0 Å². The maximum absolute atomic E-state index is 9.33. The Morgan fingerprint density at radius 3 is 2.25 bits per heavy atom. The fourth-order valence-electron chi connectivity index (χ4n) is 1.38. The van der Waals surface area contributed by atoms with Gasteiger partial charge in [-0.05, 0) is 33.7 Å². The quantitative estimate of drug-likeness (QED) is 0.676. The molecule has 0 spiro atoms. The van der Waals surface area contributed by atoms with Crippen LogP contribution in [-0.4, -0.2) is 34.7 Å². The zero-order chi connectivity index (χ0) is 9.35. The van der Waals surface area contributed by atoms with Gasteiger partial charge in [0.2, 0.25) is 0 Å². The molecule has 0 aromatic carbocycles. The van der Waals surface area contributed by atoms with E-state index in [2.05, 4.69) is 6.07 Å². The molecule has 0 amide bonds. The third-order valence-corrected chi connectivity index (χ3v) is 2.92. The van der Waals surface area contributed by atoms with Crippen LogP contribution in [0.4, 0.5) is 0 Å². The molecule has 1 saturated carbocycles. The smallest absolute Gasteiger partial charge is 0.109 e. The number of likely N-dealkylation sites (N-methyl/N-ethyl adjacent to an activating group) is 1. The van der Waals surface area contributed by atoms with Crippen molar-refractivity contribution in [2.45, 2.75) is 44.4 Å². The Kier molecular flexibility index (Phi) is 2.41. The number of nitrogens with zero attached hydrogens (tertiary/aromatic N) is 2. The molecule has 3 heteroatoms. The molecule has 2 unspecified atom stereocenters. The van der Waals surface area contributed by atoms with E-state index < -0.39 is 0 Å². The van der Waals surface area contributed by atoms with Crippen LogP contribution < -0.4 is 0 Å². The van der Waals surface area contributed by atoms with Crippen LogP contribution in [0.25, 0.3) is 0 Å². The van der Waals surface area contributed by atoms with Gasteiger partial charge in [0.1, 0.15) is 5.54 Å². The van der Waals surface area contributed by atoms with Crippen molar-refractivity contribution < 1.29 is 5.11 Å². The van der Waals surface area contributed by atoms with Crippen LogP contribution >= 0.6 is 0 Å². The Balaban J connectivity index is 2.59. The van der Waals surface area contributed by atoms with Gasteiger partial charge in [-0.15, -0.1) is 0 Å². The van der Waals surface area contributed by atoms with Crippen molar-refractivity contribution in [3.05, 3.63) is 0 Å². The molecule has 0 radical (unpaired) electrons. The lowest BCUT2D eigenvalue weighted by atomic mass is 10.1. The number of hydrogen-bond donors (Lipinski definition) is 1. The van der Waals surface area contributed by atoms with Gasteiger partial charge in [0, 0.05) is 6.04 Å². The summed E-state index contributed by atoms with van der Waals surface area (Å²) in [6.45, 7) is 3.71. The van der Waals surface area contributed by atoms with Crippen LogP contribution in [-0.2, 0) is 0 Å². The van der Waals surface area contributed by atoms with E-state index in [1.165, 1.54) is 0 Å². The van der Waals surface area contributed by atoms with Gasteiger partial charge in [0.25, 0.3) is 0 Å². The molecule has 68 valence electrons. The number of aliphatic hydroxyl groups excluding tert-OH is 1. The number of rotatable bonds is 3. The monoisotopic (exact) mass is 168 g/mol. The Morgan fingerprint density at radius 1 is 1.50 bits per heavy atom. The van der Waals surface area contributed by atoms with Crippen molar-refractivity contribution in [2.24, 2.45) is 0 Å². The van der Waals surface area contributed by atoms with Gasteiger partial charge in [-0.3, -0.25) is 4.90 Å². The van der Waals surface area contributed by atoms with Gasteiger partial charge in [-0.2, -0.15) is 5.26 Å². The third kappa shape index (κ3) is 1.45. The highest BCUT2D eigenvalue weighted by Gasteiger charge is 2.49. The highest BCUT2D eigenvalue weighted by molar-refractivity contribution is 5.19. The number of hydrogen-bond acceptors (Lipinski definition) is 3. The molecule has 3 nitrogen and oxygen atoms in total. The van der Waals surface area contributed by atoms with Crippen LogP contribution in [0.15, 0.2) is 0 Å². The second-order valence-electron chi connectivity index (χ2n) is 3.74. The maximum atomic E-state index is 9.33. The minimum absolute atomic E-state index is 0.0622. The van der Waals surface area contributed by atoms with Crippen LogP contribution in [0.3, 0.4) is 0 Å². The van der Waals surface area contributed by atoms with Gasteiger partial charge in [-0.25, -0.2) is 0 Å². The fourth-order valence-corrected chi connectivity index (χ4v) is 1.38. The van der Waals surface area contributed by atoms with E-state index in [0.717, 1.165) is 12.8 Å². The van der Waals surface area contributed by atoms with E-state index in [9.17, 15) is 5.11 Å². The molecule has 0 bridgehead atoms. The van der Waals surface area contributed by atoms with Crippen molar-refractivity contribution in [3.8, 4) is 6.07 Å². The summed E-state index contributed by atoms with van der Waals surface area (Å²) in [5, 5.41) is 18.2. The predicted octanol–water partition coefficient (Wildman–Crippen LogP) is 0.744. The lowest BCUT2D eigenvalue weighted by Gasteiger charge is -2.30. The van der Waals surface area contributed by atoms with Crippen molar-refractivity contribution >= 4 is 0 Å². The van der Waals surface area contributed by atoms with E-state index in [-0.39, 0.29) is 17.7 Å². The highest BCUT2D eigenvalue weighted by atomic mass is 16.3. The fraction of sp³-hybridized carbons (Fsp3) is 0.889. The van der Waals surface area contributed by atoms with Crippen LogP contribution in [0.2, 0.25) is 0 Å². The van der Waals surface area contributed by atoms with E-state index in [1.807, 2.05) is 18.9 Å². The van der Waals surface area contributed by atoms with E-state index >= 15 is 0 Å². The Bertz CT molecular complexity index is 203. The van der Waals surface area contributed by atoms with E-state index in [4.69, 9.17) is 5.26 Å². The zero-order valence-corrected chi connectivity index (χ0v) is 7.91. The average Bonchev–Trinajstić information content (AvgIpc) is 2.82. The predicted molar refractivity (Wildman–Crippen MR) is 46.5 cm³/mol.